The van der Waals surface area contributed by atoms with Gasteiger partial charge in [0.1, 0.15) is 0 Å². The van der Waals surface area contributed by atoms with Crippen molar-refractivity contribution in [3.05, 3.63) is 51.9 Å². The van der Waals surface area contributed by atoms with Crippen molar-refractivity contribution in [2.24, 2.45) is 0 Å². The number of hydrogen-bond donors (Lipinski definition) is 0. The molecule has 2 heterocycles. The summed E-state index contributed by atoms with van der Waals surface area (Å²) in [6, 6.07) is 9.56. The molecule has 0 unspecified atom stereocenters. The van der Waals surface area contributed by atoms with Crippen molar-refractivity contribution < 1.29 is 9.90 Å². The molecule has 22 heavy (non-hydrogen) atoms. The summed E-state index contributed by atoms with van der Waals surface area (Å²) in [5.74, 6) is -1.16. The second-order valence-electron chi connectivity index (χ2n) is 5.44. The highest BCUT2D eigenvalue weighted by atomic mass is 32.1. The van der Waals surface area contributed by atoms with E-state index in [9.17, 15) is 9.90 Å². The van der Waals surface area contributed by atoms with Crippen LogP contribution in [0.2, 0.25) is 0 Å². The second kappa shape index (κ2) is 5.54. The largest absolute Gasteiger partial charge is 0.545 e. The highest BCUT2D eigenvalue weighted by molar-refractivity contribution is 7.15. The van der Waals surface area contributed by atoms with Gasteiger partial charge in [-0.2, -0.15) is 0 Å². The molecule has 0 spiro atoms. The summed E-state index contributed by atoms with van der Waals surface area (Å²) in [4.78, 5) is 18.5. The molecule has 0 atom stereocenters. The zero-order chi connectivity index (χ0) is 15.9. The number of aromatic nitrogens is 1. The first-order valence-corrected chi connectivity index (χ1v) is 8.03. The Balaban J connectivity index is 2.31. The minimum absolute atomic E-state index is 0.207. The average molecular weight is 310 g/mol. The highest BCUT2D eigenvalue weighted by Gasteiger charge is 2.12. The van der Waals surface area contributed by atoms with E-state index >= 15 is 0 Å². The molecule has 0 saturated carbocycles. The predicted molar refractivity (Wildman–Crippen MR) is 88.2 cm³/mol. The molecule has 0 radical (unpaired) electrons. The maximum atomic E-state index is 11.5. The van der Waals surface area contributed by atoms with Crippen molar-refractivity contribution in [2.45, 2.75) is 27.2 Å². The molecule has 0 N–H and O–H groups in total. The number of aromatic carboxylic acids is 1. The zero-order valence-electron chi connectivity index (χ0n) is 12.8. The third kappa shape index (κ3) is 2.50. The molecular formula is C18H16NO2S-. The maximum Gasteiger partial charge on any atom is 0.0816 e. The number of aryl methyl sites for hydroxylation is 3. The van der Waals surface area contributed by atoms with E-state index in [1.165, 1.54) is 4.88 Å². The Morgan fingerprint density at radius 1 is 1.23 bits per heavy atom. The maximum absolute atomic E-state index is 11.5. The minimum atomic E-state index is -1.16. The number of benzene rings is 1. The van der Waals surface area contributed by atoms with E-state index in [1.54, 1.807) is 17.4 Å². The minimum Gasteiger partial charge on any atom is -0.545 e. The first-order valence-electron chi connectivity index (χ1n) is 7.22. The van der Waals surface area contributed by atoms with Gasteiger partial charge < -0.3 is 9.90 Å². The van der Waals surface area contributed by atoms with Crippen LogP contribution in [0.1, 0.15) is 33.3 Å². The molecule has 4 heteroatoms. The van der Waals surface area contributed by atoms with Gasteiger partial charge >= 0.3 is 0 Å². The van der Waals surface area contributed by atoms with Crippen LogP contribution >= 0.6 is 11.3 Å². The molecule has 0 aliphatic carbocycles. The van der Waals surface area contributed by atoms with Gasteiger partial charge in [-0.05, 0) is 50.1 Å². The van der Waals surface area contributed by atoms with Crippen LogP contribution in [-0.4, -0.2) is 11.0 Å². The Morgan fingerprint density at radius 2 is 2.00 bits per heavy atom. The van der Waals surface area contributed by atoms with Crippen molar-refractivity contribution in [3.63, 3.8) is 0 Å². The quantitative estimate of drug-likeness (QED) is 0.744. The molecule has 0 bridgehead atoms. The number of carbonyl (C=O) groups is 1. The first-order chi connectivity index (χ1) is 10.5. The molecule has 0 amide bonds. The van der Waals surface area contributed by atoms with E-state index in [1.807, 2.05) is 32.0 Å². The average Bonchev–Trinajstić information content (AvgIpc) is 2.95. The fourth-order valence-corrected chi connectivity index (χ4v) is 3.59. The Kier molecular flexibility index (Phi) is 3.71. The van der Waals surface area contributed by atoms with Gasteiger partial charge in [0.05, 0.1) is 22.1 Å². The van der Waals surface area contributed by atoms with E-state index in [2.05, 4.69) is 13.0 Å². The molecule has 112 valence electrons. The van der Waals surface area contributed by atoms with Crippen LogP contribution in [0, 0.1) is 13.8 Å². The lowest BCUT2D eigenvalue weighted by Gasteiger charge is -2.12. The van der Waals surface area contributed by atoms with Crippen LogP contribution in [0.5, 0.6) is 0 Å². The third-order valence-corrected chi connectivity index (χ3v) is 4.98. The van der Waals surface area contributed by atoms with E-state index in [-0.39, 0.29) is 5.56 Å². The van der Waals surface area contributed by atoms with Crippen LogP contribution in [-0.2, 0) is 6.42 Å². The topological polar surface area (TPSA) is 53.0 Å². The lowest BCUT2D eigenvalue weighted by Crippen LogP contribution is -2.23. The van der Waals surface area contributed by atoms with Gasteiger partial charge in [0.2, 0.25) is 0 Å². The van der Waals surface area contributed by atoms with Crippen LogP contribution in [0.3, 0.4) is 0 Å². The Hall–Kier alpha value is -2.20. The van der Waals surface area contributed by atoms with Crippen molar-refractivity contribution >= 4 is 28.2 Å². The van der Waals surface area contributed by atoms with Crippen LogP contribution in [0.4, 0.5) is 0 Å². The Morgan fingerprint density at radius 3 is 2.64 bits per heavy atom. The number of hydrogen-bond acceptors (Lipinski definition) is 4. The summed E-state index contributed by atoms with van der Waals surface area (Å²) < 4.78 is 0. The summed E-state index contributed by atoms with van der Waals surface area (Å²) in [6.45, 7) is 6.01. The van der Waals surface area contributed by atoms with Crippen LogP contribution in [0.15, 0.2) is 30.3 Å². The van der Waals surface area contributed by atoms with E-state index < -0.39 is 5.97 Å². The number of carboxylic acids is 1. The number of thiophene rings is 1. The number of pyridine rings is 1. The molecule has 0 aliphatic heterocycles. The summed E-state index contributed by atoms with van der Waals surface area (Å²) >= 11 is 1.65. The number of fused-ring (bicyclic) bond motifs is 1. The second-order valence-corrected chi connectivity index (χ2v) is 6.61. The normalized spacial score (nSPS) is 11.0. The van der Waals surface area contributed by atoms with Gasteiger partial charge in [-0.3, -0.25) is 0 Å². The number of rotatable bonds is 3. The number of carboxylic acid groups (broad SMARTS) is 1. The molecule has 3 nitrogen and oxygen atoms in total. The predicted octanol–water partition coefficient (Wildman–Crippen LogP) is 3.51. The van der Waals surface area contributed by atoms with Gasteiger partial charge in [-0.15, -0.1) is 11.3 Å². The fourth-order valence-electron chi connectivity index (χ4n) is 2.68. The lowest BCUT2D eigenvalue weighted by molar-refractivity contribution is -0.254. The van der Waals surface area contributed by atoms with Crippen molar-refractivity contribution in [2.75, 3.05) is 0 Å². The Bertz CT molecular complexity index is 880. The van der Waals surface area contributed by atoms with Crippen LogP contribution < -0.4 is 5.11 Å². The van der Waals surface area contributed by atoms with Crippen LogP contribution in [0.25, 0.3) is 21.5 Å². The van der Waals surface area contributed by atoms with Crippen molar-refractivity contribution in [3.8, 4) is 10.6 Å². The smallest absolute Gasteiger partial charge is 0.0816 e. The zero-order valence-corrected chi connectivity index (χ0v) is 13.6. The molecule has 0 saturated heterocycles. The summed E-state index contributed by atoms with van der Waals surface area (Å²) in [5.41, 5.74) is 3.63. The third-order valence-electron chi connectivity index (χ3n) is 3.73. The van der Waals surface area contributed by atoms with E-state index in [0.717, 1.165) is 27.9 Å². The van der Waals surface area contributed by atoms with E-state index in [4.69, 9.17) is 4.98 Å². The number of nitrogens with zero attached hydrogens (tertiary/aromatic N) is 1. The van der Waals surface area contributed by atoms with E-state index in [0.29, 0.717) is 11.1 Å². The fraction of sp³-hybridized carbons (Fsp3) is 0.222. The molecule has 2 aromatic heterocycles. The molecule has 3 aromatic rings. The van der Waals surface area contributed by atoms with Crippen molar-refractivity contribution in [1.29, 1.82) is 0 Å². The van der Waals surface area contributed by atoms with Gasteiger partial charge in [0.25, 0.3) is 0 Å². The van der Waals surface area contributed by atoms with Crippen molar-refractivity contribution in [1.82, 2.24) is 4.98 Å². The van der Waals surface area contributed by atoms with Gasteiger partial charge in [-0.1, -0.05) is 18.6 Å². The molecule has 1 aromatic carbocycles. The number of carbonyl (C=O) groups excluding carboxylic acids is 1. The van der Waals surface area contributed by atoms with Gasteiger partial charge in [0.15, 0.2) is 0 Å². The molecule has 0 aliphatic rings. The highest BCUT2D eigenvalue weighted by Crippen LogP contribution is 2.31. The summed E-state index contributed by atoms with van der Waals surface area (Å²) in [7, 11) is 0. The Labute approximate surface area is 133 Å². The first kappa shape index (κ1) is 14.7. The molecule has 3 rings (SSSR count). The molecule has 0 fully saturated rings. The molecular weight excluding hydrogens is 294 g/mol. The summed E-state index contributed by atoms with van der Waals surface area (Å²) in [5, 5.41) is 12.2. The van der Waals surface area contributed by atoms with Gasteiger partial charge in [-0.25, -0.2) is 4.98 Å². The monoisotopic (exact) mass is 310 g/mol. The van der Waals surface area contributed by atoms with Gasteiger partial charge in [0, 0.05) is 15.8 Å². The summed E-state index contributed by atoms with van der Waals surface area (Å²) in [6.07, 6.45) is 0.962. The lowest BCUT2D eigenvalue weighted by atomic mass is 10.0. The standard InChI is InChI=1S/C18H17NO2S/c1-4-12-5-6-16(22-12)15-9-14(18(20)21)13-8-10(2)7-11(3)17(13)19-15/h5-9H,4H2,1-3H3,(H,20,21)/p-1. The SMILES string of the molecule is CCc1ccc(-c2cc(C(=O)[O-])c3cc(C)cc(C)c3n2)s1.